The van der Waals surface area contributed by atoms with Crippen LogP contribution in [-0.4, -0.2) is 23.0 Å². The van der Waals surface area contributed by atoms with E-state index in [-0.39, 0.29) is 5.56 Å². The van der Waals surface area contributed by atoms with Crippen LogP contribution in [0.15, 0.2) is 22.6 Å². The van der Waals surface area contributed by atoms with E-state index in [1.807, 2.05) is 0 Å². The highest BCUT2D eigenvalue weighted by Crippen LogP contribution is 2.28. The molecule has 0 bridgehead atoms. The number of carboxylic acid groups (broad SMARTS) is 1. The second kappa shape index (κ2) is 3.86. The Morgan fingerprint density at radius 3 is 2.88 bits per heavy atom. The molecule has 0 aliphatic heterocycles. The van der Waals surface area contributed by atoms with Crippen LogP contribution < -0.4 is 4.74 Å². The second-order valence-corrected chi connectivity index (χ2v) is 3.27. The molecule has 5 nitrogen and oxygen atoms in total. The number of benzene rings is 1. The fourth-order valence-electron chi connectivity index (χ4n) is 1.63. The fourth-order valence-corrected chi connectivity index (χ4v) is 1.63. The summed E-state index contributed by atoms with van der Waals surface area (Å²) in [5.41, 5.74) is 0.589. The third kappa shape index (κ3) is 1.61. The van der Waals surface area contributed by atoms with Crippen LogP contribution >= 0.6 is 0 Å². The molecule has 0 spiro atoms. The Labute approximate surface area is 90.9 Å². The molecular weight excluding hydrogens is 212 g/mol. The Kier molecular flexibility index (Phi) is 2.54. The van der Waals surface area contributed by atoms with Crippen molar-refractivity contribution in [2.45, 2.75) is 6.92 Å². The Morgan fingerprint density at radius 2 is 2.25 bits per heavy atom. The summed E-state index contributed by atoms with van der Waals surface area (Å²) < 4.78 is 10.2. The maximum atomic E-state index is 11.0. The van der Waals surface area contributed by atoms with Gasteiger partial charge in [0.1, 0.15) is 22.7 Å². The Balaban J connectivity index is 2.60. The number of aryl methyl sites for hydroxylation is 1. The fraction of sp³-hybridized carbons (Fsp3) is 0.182. The lowest BCUT2D eigenvalue weighted by molar-refractivity contribution is 0.0696. The van der Waals surface area contributed by atoms with Gasteiger partial charge < -0.3 is 19.4 Å². The van der Waals surface area contributed by atoms with Crippen molar-refractivity contribution in [2.24, 2.45) is 0 Å². The predicted molar refractivity (Wildman–Crippen MR) is 55.6 cm³/mol. The maximum Gasteiger partial charge on any atom is 0.339 e. The molecule has 0 fully saturated rings. The zero-order chi connectivity index (χ0) is 11.7. The van der Waals surface area contributed by atoms with Crippen molar-refractivity contribution in [2.75, 3.05) is 6.79 Å². The van der Waals surface area contributed by atoms with Crippen LogP contribution in [0.2, 0.25) is 0 Å². The van der Waals surface area contributed by atoms with Crippen LogP contribution in [-0.2, 0) is 0 Å². The zero-order valence-corrected chi connectivity index (χ0v) is 8.56. The van der Waals surface area contributed by atoms with E-state index in [2.05, 4.69) is 0 Å². The van der Waals surface area contributed by atoms with Crippen molar-refractivity contribution in [3.8, 4) is 5.75 Å². The van der Waals surface area contributed by atoms with Gasteiger partial charge in [-0.25, -0.2) is 4.79 Å². The van der Waals surface area contributed by atoms with E-state index in [1.165, 1.54) is 0 Å². The summed E-state index contributed by atoms with van der Waals surface area (Å²) in [7, 11) is 0. The lowest BCUT2D eigenvalue weighted by Crippen LogP contribution is -1.97. The summed E-state index contributed by atoms with van der Waals surface area (Å²) in [6.45, 7) is 1.16. The standard InChI is InChI=1S/C11H10O5/c1-6-10(11(13)14)8-3-2-7(15-5-12)4-9(8)16-6/h2-4,12H,5H2,1H3,(H,13,14). The quantitative estimate of drug-likeness (QED) is 0.773. The van der Waals surface area contributed by atoms with Crippen molar-refractivity contribution in [1.82, 2.24) is 0 Å². The van der Waals surface area contributed by atoms with Crippen LogP contribution in [0.1, 0.15) is 16.1 Å². The molecule has 5 heteroatoms. The van der Waals surface area contributed by atoms with Crippen molar-refractivity contribution in [3.63, 3.8) is 0 Å². The average Bonchev–Trinajstić information content (AvgIpc) is 2.53. The molecule has 0 amide bonds. The number of aromatic carboxylic acids is 1. The first-order chi connectivity index (χ1) is 7.63. The summed E-state index contributed by atoms with van der Waals surface area (Å²) in [5, 5.41) is 18.1. The van der Waals surface area contributed by atoms with Crippen LogP contribution in [0.4, 0.5) is 0 Å². The highest BCUT2D eigenvalue weighted by Gasteiger charge is 2.17. The molecule has 0 saturated carbocycles. The normalized spacial score (nSPS) is 10.6. The molecule has 0 atom stereocenters. The van der Waals surface area contributed by atoms with Gasteiger partial charge in [0.2, 0.25) is 0 Å². The van der Waals surface area contributed by atoms with Gasteiger partial charge in [-0.1, -0.05) is 0 Å². The molecule has 0 aliphatic rings. The molecule has 1 aromatic heterocycles. The van der Waals surface area contributed by atoms with Crippen LogP contribution in [0.5, 0.6) is 5.75 Å². The summed E-state index contributed by atoms with van der Waals surface area (Å²) in [5.74, 6) is -0.239. The molecule has 0 saturated heterocycles. The van der Waals surface area contributed by atoms with Crippen molar-refractivity contribution < 1.29 is 24.2 Å². The van der Waals surface area contributed by atoms with Gasteiger partial charge in [-0.3, -0.25) is 0 Å². The lowest BCUT2D eigenvalue weighted by Gasteiger charge is -2.00. The zero-order valence-electron chi connectivity index (χ0n) is 8.56. The number of furan rings is 1. The molecule has 0 aliphatic carbocycles. The molecule has 0 radical (unpaired) electrons. The number of aliphatic hydroxyl groups excluding tert-OH is 1. The van der Waals surface area contributed by atoms with Crippen LogP contribution in [0, 0.1) is 6.92 Å². The van der Waals surface area contributed by atoms with Gasteiger partial charge in [-0.05, 0) is 19.1 Å². The predicted octanol–water partition coefficient (Wildman–Crippen LogP) is 1.77. The minimum Gasteiger partial charge on any atom is -0.478 e. The first kappa shape index (κ1) is 10.5. The number of rotatable bonds is 3. The summed E-state index contributed by atoms with van der Waals surface area (Å²) >= 11 is 0. The minimum atomic E-state index is -1.02. The Hall–Kier alpha value is -2.01. The van der Waals surface area contributed by atoms with E-state index in [1.54, 1.807) is 25.1 Å². The Bertz CT molecular complexity index is 541. The Morgan fingerprint density at radius 1 is 1.50 bits per heavy atom. The molecule has 2 N–H and O–H groups in total. The minimum absolute atomic E-state index is 0.158. The van der Waals surface area contributed by atoms with E-state index in [0.717, 1.165) is 0 Å². The van der Waals surface area contributed by atoms with Crippen molar-refractivity contribution >= 4 is 16.9 Å². The van der Waals surface area contributed by atoms with E-state index in [9.17, 15) is 4.79 Å². The van der Waals surface area contributed by atoms with E-state index in [0.29, 0.717) is 22.5 Å². The van der Waals surface area contributed by atoms with E-state index >= 15 is 0 Å². The molecular formula is C11H10O5. The highest BCUT2D eigenvalue weighted by molar-refractivity contribution is 6.03. The number of ether oxygens (including phenoxy) is 1. The van der Waals surface area contributed by atoms with Gasteiger partial charge in [0, 0.05) is 11.5 Å². The summed E-state index contributed by atoms with van der Waals surface area (Å²) in [4.78, 5) is 11.0. The number of carbonyl (C=O) groups is 1. The molecule has 84 valence electrons. The van der Waals surface area contributed by atoms with Gasteiger partial charge in [0.15, 0.2) is 6.79 Å². The summed E-state index contributed by atoms with van der Waals surface area (Å²) in [6.07, 6.45) is 0. The number of aliphatic hydroxyl groups is 1. The topological polar surface area (TPSA) is 79.9 Å². The molecule has 2 rings (SSSR count). The van der Waals surface area contributed by atoms with E-state index < -0.39 is 12.8 Å². The SMILES string of the molecule is Cc1oc2cc(OCO)ccc2c1C(=O)O. The number of fused-ring (bicyclic) bond motifs is 1. The first-order valence-corrected chi connectivity index (χ1v) is 4.63. The third-order valence-electron chi connectivity index (χ3n) is 2.28. The average molecular weight is 222 g/mol. The van der Waals surface area contributed by atoms with Gasteiger partial charge in [-0.2, -0.15) is 0 Å². The van der Waals surface area contributed by atoms with Crippen molar-refractivity contribution in [3.05, 3.63) is 29.5 Å². The van der Waals surface area contributed by atoms with Crippen LogP contribution in [0.3, 0.4) is 0 Å². The molecule has 2 aromatic rings. The molecule has 1 heterocycles. The van der Waals surface area contributed by atoms with Crippen LogP contribution in [0.25, 0.3) is 11.0 Å². The van der Waals surface area contributed by atoms with Gasteiger partial charge in [0.05, 0.1) is 0 Å². The van der Waals surface area contributed by atoms with Crippen molar-refractivity contribution in [1.29, 1.82) is 0 Å². The number of carboxylic acids is 1. The van der Waals surface area contributed by atoms with Gasteiger partial charge in [-0.15, -0.1) is 0 Å². The monoisotopic (exact) mass is 222 g/mol. The number of hydrogen-bond donors (Lipinski definition) is 2. The van der Waals surface area contributed by atoms with Gasteiger partial charge >= 0.3 is 5.97 Å². The first-order valence-electron chi connectivity index (χ1n) is 4.63. The lowest BCUT2D eigenvalue weighted by atomic mass is 10.1. The van der Waals surface area contributed by atoms with Gasteiger partial charge in [0.25, 0.3) is 0 Å². The number of hydrogen-bond acceptors (Lipinski definition) is 4. The largest absolute Gasteiger partial charge is 0.478 e. The molecule has 16 heavy (non-hydrogen) atoms. The maximum absolute atomic E-state index is 11.0. The molecule has 0 unspecified atom stereocenters. The van der Waals surface area contributed by atoms with E-state index in [4.69, 9.17) is 19.4 Å². The third-order valence-corrected chi connectivity index (χ3v) is 2.28. The highest BCUT2D eigenvalue weighted by atomic mass is 16.6. The second-order valence-electron chi connectivity index (χ2n) is 3.27. The smallest absolute Gasteiger partial charge is 0.339 e. The summed E-state index contributed by atoms with van der Waals surface area (Å²) in [6, 6.07) is 4.73. The molecule has 1 aromatic carbocycles.